The van der Waals surface area contributed by atoms with E-state index in [2.05, 4.69) is 39.0 Å². The number of carbonyl (C=O) groups is 1. The van der Waals surface area contributed by atoms with Crippen molar-refractivity contribution in [3.05, 3.63) is 86.5 Å². The van der Waals surface area contributed by atoms with E-state index in [1.54, 1.807) is 11.3 Å². The monoisotopic (exact) mass is 485 g/mol. The molecular weight excluding hydrogens is 462 g/mol. The summed E-state index contributed by atoms with van der Waals surface area (Å²) in [5, 5.41) is 9.85. The molecule has 0 amide bonds. The Morgan fingerprint density at radius 3 is 2.70 bits per heavy atom. The van der Waals surface area contributed by atoms with Gasteiger partial charge in [0.2, 0.25) is 0 Å². The van der Waals surface area contributed by atoms with Crippen LogP contribution in [0.2, 0.25) is 0 Å². The summed E-state index contributed by atoms with van der Waals surface area (Å²) in [6.07, 6.45) is 2.65. The smallest absolute Gasteiger partial charge is 0.320 e. The van der Waals surface area contributed by atoms with Crippen LogP contribution in [-0.4, -0.2) is 28.6 Å². The predicted octanol–water partition coefficient (Wildman–Crippen LogP) is 6.12. The van der Waals surface area contributed by atoms with Crippen molar-refractivity contribution in [1.82, 2.24) is 4.90 Å². The van der Waals surface area contributed by atoms with Crippen molar-refractivity contribution in [1.29, 1.82) is 0 Å². The second kappa shape index (κ2) is 9.77. The number of hydrogen-bond donors (Lipinski definition) is 1. The van der Waals surface area contributed by atoms with Gasteiger partial charge in [0.05, 0.1) is 9.83 Å². The highest BCUT2D eigenvalue weighted by Crippen LogP contribution is 2.39. The molecule has 2 aromatic carbocycles. The zero-order valence-corrected chi connectivity index (χ0v) is 18.9. The summed E-state index contributed by atoms with van der Waals surface area (Å²) in [5.74, 6) is 0.0488. The summed E-state index contributed by atoms with van der Waals surface area (Å²) < 4.78 is 7.09. The van der Waals surface area contributed by atoms with Gasteiger partial charge in [0.25, 0.3) is 0 Å². The number of carboxylic acids is 1. The number of hydrogen-bond acceptors (Lipinski definition) is 4. The number of ether oxygens (including phenoxy) is 1. The van der Waals surface area contributed by atoms with Crippen LogP contribution in [0.5, 0.6) is 5.75 Å². The number of benzene rings is 2. The number of likely N-dealkylation sites (tertiary alicyclic amines) is 1. The molecule has 0 spiro atoms. The van der Waals surface area contributed by atoms with Gasteiger partial charge in [-0.3, -0.25) is 9.69 Å². The van der Waals surface area contributed by atoms with Gasteiger partial charge >= 0.3 is 5.97 Å². The van der Waals surface area contributed by atoms with Crippen LogP contribution in [-0.2, 0) is 11.4 Å². The van der Waals surface area contributed by atoms with Gasteiger partial charge < -0.3 is 9.84 Å². The van der Waals surface area contributed by atoms with Gasteiger partial charge in [-0.05, 0) is 70.7 Å². The Morgan fingerprint density at radius 2 is 1.97 bits per heavy atom. The number of nitrogens with zero attached hydrogens (tertiary/aromatic N) is 1. The molecule has 1 aliphatic heterocycles. The Morgan fingerprint density at radius 1 is 1.13 bits per heavy atom. The Labute approximate surface area is 189 Å². The summed E-state index contributed by atoms with van der Waals surface area (Å²) in [6.45, 7) is 1.27. The molecule has 0 saturated carbocycles. The summed E-state index contributed by atoms with van der Waals surface area (Å²) in [6, 6.07) is 21.7. The van der Waals surface area contributed by atoms with Crippen molar-refractivity contribution in [3.63, 3.8) is 0 Å². The van der Waals surface area contributed by atoms with E-state index in [1.165, 1.54) is 0 Å². The third kappa shape index (κ3) is 4.94. The van der Waals surface area contributed by atoms with Gasteiger partial charge in [-0.25, -0.2) is 0 Å². The Balaban J connectivity index is 1.64. The molecule has 2 heterocycles. The van der Waals surface area contributed by atoms with Crippen LogP contribution in [0.4, 0.5) is 0 Å². The molecule has 1 aliphatic rings. The summed E-state index contributed by atoms with van der Waals surface area (Å²) in [5.41, 5.74) is 2.17. The van der Waals surface area contributed by atoms with Crippen molar-refractivity contribution in [2.45, 2.75) is 38.0 Å². The molecule has 0 aliphatic carbocycles. The first-order valence-corrected chi connectivity index (χ1v) is 11.7. The molecule has 2 unspecified atom stereocenters. The molecule has 1 saturated heterocycles. The summed E-state index contributed by atoms with van der Waals surface area (Å²) in [4.78, 5) is 15.3. The predicted molar refractivity (Wildman–Crippen MR) is 123 cm³/mol. The fourth-order valence-electron chi connectivity index (χ4n) is 4.04. The van der Waals surface area contributed by atoms with Gasteiger partial charge in [0.15, 0.2) is 0 Å². The van der Waals surface area contributed by atoms with E-state index in [9.17, 15) is 9.90 Å². The van der Waals surface area contributed by atoms with E-state index < -0.39 is 12.0 Å². The highest BCUT2D eigenvalue weighted by Gasteiger charge is 2.35. The van der Waals surface area contributed by atoms with Crippen LogP contribution in [0.15, 0.2) is 70.5 Å². The number of piperidine rings is 1. The molecule has 0 bridgehead atoms. The third-order valence-corrected chi connectivity index (χ3v) is 7.12. The summed E-state index contributed by atoms with van der Waals surface area (Å²) >= 11 is 5.22. The zero-order valence-electron chi connectivity index (χ0n) is 16.5. The lowest BCUT2D eigenvalue weighted by atomic mass is 9.95. The van der Waals surface area contributed by atoms with Crippen LogP contribution in [0.25, 0.3) is 0 Å². The lowest BCUT2D eigenvalue weighted by molar-refractivity contribution is -0.145. The first kappa shape index (κ1) is 21.1. The summed E-state index contributed by atoms with van der Waals surface area (Å²) in [7, 11) is 0. The quantitative estimate of drug-likeness (QED) is 0.437. The van der Waals surface area contributed by atoms with Crippen molar-refractivity contribution >= 4 is 33.2 Å². The molecule has 30 heavy (non-hydrogen) atoms. The number of carboxylic acid groups (broad SMARTS) is 1. The minimum absolute atomic E-state index is 0.108. The largest absolute Gasteiger partial charge is 0.489 e. The number of rotatable bonds is 7. The molecule has 6 heteroatoms. The van der Waals surface area contributed by atoms with Gasteiger partial charge in [-0.15, -0.1) is 11.3 Å². The van der Waals surface area contributed by atoms with E-state index in [4.69, 9.17) is 4.74 Å². The Bertz CT molecular complexity index is 991. The normalized spacial score (nSPS) is 18.1. The molecule has 4 rings (SSSR count). The topological polar surface area (TPSA) is 49.8 Å². The van der Waals surface area contributed by atoms with E-state index in [-0.39, 0.29) is 6.04 Å². The number of aliphatic carboxylic acids is 1. The molecule has 1 fully saturated rings. The van der Waals surface area contributed by atoms with E-state index in [1.807, 2.05) is 48.5 Å². The van der Waals surface area contributed by atoms with Crippen molar-refractivity contribution < 1.29 is 14.6 Å². The second-order valence-corrected chi connectivity index (χ2v) is 9.97. The van der Waals surface area contributed by atoms with Crippen LogP contribution < -0.4 is 4.74 Å². The molecule has 1 aromatic heterocycles. The maximum Gasteiger partial charge on any atom is 0.320 e. The highest BCUT2D eigenvalue weighted by atomic mass is 79.9. The standard InChI is InChI=1S/C24H24BrNO3S/c25-22-13-12-21(30-22)23(26-14-5-4-11-20(26)24(27)28)18-9-6-10-19(15-18)29-16-17-7-2-1-3-8-17/h1-3,6-10,12-13,15,20,23H,4-5,11,14,16H2,(H,27,28). The van der Waals surface area contributed by atoms with E-state index in [0.717, 1.165) is 44.9 Å². The minimum atomic E-state index is -0.744. The first-order chi connectivity index (χ1) is 14.6. The molecule has 4 nitrogen and oxygen atoms in total. The van der Waals surface area contributed by atoms with Crippen LogP contribution >= 0.6 is 27.3 Å². The SMILES string of the molecule is O=C(O)C1CCCCN1C(c1cccc(OCc2ccccc2)c1)c1ccc(Br)s1. The van der Waals surface area contributed by atoms with Gasteiger partial charge in [-0.1, -0.05) is 48.9 Å². The molecule has 2 atom stereocenters. The number of thiophene rings is 1. The first-order valence-electron chi connectivity index (χ1n) is 10.1. The fourth-order valence-corrected chi connectivity index (χ4v) is 5.61. The van der Waals surface area contributed by atoms with Gasteiger partial charge in [-0.2, -0.15) is 0 Å². The highest BCUT2D eigenvalue weighted by molar-refractivity contribution is 9.11. The zero-order chi connectivity index (χ0) is 20.9. The Hall–Kier alpha value is -2.15. The maximum absolute atomic E-state index is 12.0. The molecular formula is C24H24BrNO3S. The third-order valence-electron chi connectivity index (χ3n) is 5.45. The average Bonchev–Trinajstić information content (AvgIpc) is 3.19. The van der Waals surface area contributed by atoms with Crippen LogP contribution in [0.3, 0.4) is 0 Å². The maximum atomic E-state index is 12.0. The van der Waals surface area contributed by atoms with Crippen molar-refractivity contribution in [3.8, 4) is 5.75 Å². The molecule has 3 aromatic rings. The second-order valence-electron chi connectivity index (χ2n) is 7.48. The van der Waals surface area contributed by atoms with Crippen molar-refractivity contribution in [2.75, 3.05) is 6.54 Å². The van der Waals surface area contributed by atoms with Gasteiger partial charge in [0.1, 0.15) is 18.4 Å². The Kier molecular flexibility index (Phi) is 6.87. The van der Waals surface area contributed by atoms with E-state index >= 15 is 0 Å². The molecule has 0 radical (unpaired) electrons. The lowest BCUT2D eigenvalue weighted by Gasteiger charge is -2.39. The van der Waals surface area contributed by atoms with Crippen LogP contribution in [0, 0.1) is 0 Å². The molecule has 156 valence electrons. The van der Waals surface area contributed by atoms with E-state index in [0.29, 0.717) is 13.0 Å². The van der Waals surface area contributed by atoms with Crippen molar-refractivity contribution in [2.24, 2.45) is 0 Å². The average molecular weight is 486 g/mol. The van der Waals surface area contributed by atoms with Gasteiger partial charge in [0, 0.05) is 4.88 Å². The fraction of sp³-hybridized carbons (Fsp3) is 0.292. The molecule has 1 N–H and O–H groups in total. The number of halogens is 1. The lowest BCUT2D eigenvalue weighted by Crippen LogP contribution is -2.46. The van der Waals surface area contributed by atoms with Crippen LogP contribution in [0.1, 0.15) is 41.3 Å². The minimum Gasteiger partial charge on any atom is -0.489 e.